The molecule has 2 heterocycles. The number of benzene rings is 2. The Hall–Kier alpha value is -5.42. The van der Waals surface area contributed by atoms with E-state index >= 15 is 0 Å². The smallest absolute Gasteiger partial charge is 0.251 e. The van der Waals surface area contributed by atoms with E-state index in [4.69, 9.17) is 0 Å². The van der Waals surface area contributed by atoms with Crippen LogP contribution in [0.3, 0.4) is 0 Å². The molecule has 2 aromatic carbocycles. The number of aliphatic hydroxyl groups excluding tert-OH is 14. The molecule has 18 N–H and O–H groups in total. The highest BCUT2D eigenvalue weighted by atomic mass is 16.3. The minimum absolute atomic E-state index is 0.0333. The third kappa shape index (κ3) is 12.3. The van der Waals surface area contributed by atoms with Crippen molar-refractivity contribution in [1.82, 2.24) is 21.3 Å². The molecule has 4 aliphatic rings. The molecule has 0 saturated carbocycles. The van der Waals surface area contributed by atoms with Crippen LogP contribution in [-0.2, 0) is 9.59 Å². The number of amides is 4. The average Bonchev–Trinajstić information content (AvgIpc) is 3.92. The summed E-state index contributed by atoms with van der Waals surface area (Å²) in [6.45, 7) is 0.345. The second kappa shape index (κ2) is 26.2. The molecule has 4 atom stereocenters. The van der Waals surface area contributed by atoms with Gasteiger partial charge >= 0.3 is 0 Å². The fourth-order valence-electron chi connectivity index (χ4n) is 10.8. The Balaban J connectivity index is 0.000000288. The van der Waals surface area contributed by atoms with Gasteiger partial charge in [-0.25, -0.2) is 9.15 Å². The first-order valence-electron chi connectivity index (χ1n) is 25.7. The maximum Gasteiger partial charge on any atom is 0.251 e. The highest BCUT2D eigenvalue weighted by Crippen LogP contribution is 2.50. The Morgan fingerprint density at radius 1 is 0.474 bits per heavy atom. The molecule has 0 bridgehead atoms. The Labute approximate surface area is 452 Å². The monoisotopic (exact) mass is 1100 g/mol. The topological polar surface area (TPSA) is 406 Å². The van der Waals surface area contributed by atoms with E-state index in [0.717, 1.165) is 22.4 Å². The number of nitrogens with one attached hydrogen (secondary N) is 4. The lowest BCUT2D eigenvalue weighted by Gasteiger charge is -2.33. The summed E-state index contributed by atoms with van der Waals surface area (Å²) in [7, 11) is 0. The quantitative estimate of drug-likeness (QED) is 0.0391. The molecule has 2 aliphatic carbocycles. The van der Waals surface area contributed by atoms with Crippen LogP contribution >= 0.6 is 0 Å². The largest absolute Gasteiger partial charge is 0.395 e. The standard InChI is InChI=1S/C27H39N3O10.C27H39N3O8/c1-17-27(15-37,16-38)23-20-4-2-19(24(40)29-26(12-34,13-35)14-36)8-18(20)3-5-21(23)30(17)7-6-22(39)28-25(9-31,10-32)11-33;1-17-25(2,3)23-20-6-4-19(24(38)29-27(14-34,15-35)16-36)10-18(20)5-7-21(23)30(17)9-8-22(37)28-26(11-31,12-32)13-33/h2-5,8,21,23,31-38H,6-7,9-16H2,1H3,(H-,28,29,39,40);4-7,10,21,23,31-36H,8-9,11-16H2,1-3H3,(H-,28,29,37,38)/p+2. The number of nitrogens with zero attached hydrogens (tertiary/aromatic N) is 2. The summed E-state index contributed by atoms with van der Waals surface area (Å²) in [6.07, 6.45) is 7.68. The van der Waals surface area contributed by atoms with E-state index in [1.807, 2.05) is 35.8 Å². The van der Waals surface area contributed by atoms with Gasteiger partial charge in [0.1, 0.15) is 27.6 Å². The summed E-state index contributed by atoms with van der Waals surface area (Å²) < 4.78 is 4.08. The van der Waals surface area contributed by atoms with Crippen LogP contribution < -0.4 is 21.3 Å². The summed E-state index contributed by atoms with van der Waals surface area (Å²) in [5, 5.41) is 145. The SMILES string of the molecule is CC1=[N+](CCC(=O)NC(CO)(CO)CO)C2C=Cc3cc(C(=O)NC(CO)(CO)CO)ccc3C2C1(C)C.CC1=[N+](CCC(=O)NC(CO)(CO)CO)C2C=Cc3cc(C(=O)NC(CO)(CO)CO)ccc3C2C1(CO)CO. The molecule has 0 spiro atoms. The third-order valence-electron chi connectivity index (χ3n) is 16.5. The number of hydrogen-bond donors (Lipinski definition) is 18. The number of rotatable bonds is 26. The zero-order valence-corrected chi connectivity index (χ0v) is 44.6. The molecule has 24 nitrogen and oxygen atoms in total. The van der Waals surface area contributed by atoms with Crippen molar-refractivity contribution in [2.24, 2.45) is 10.8 Å². The van der Waals surface area contributed by atoms with E-state index < -0.39 is 136 Å². The van der Waals surface area contributed by atoms with Crippen molar-refractivity contribution in [3.63, 3.8) is 0 Å². The van der Waals surface area contributed by atoms with E-state index in [1.165, 1.54) is 0 Å². The predicted octanol–water partition coefficient (Wildman–Crippen LogP) is -5.36. The van der Waals surface area contributed by atoms with Gasteiger partial charge in [0.15, 0.2) is 36.6 Å². The Kier molecular flexibility index (Phi) is 21.3. The van der Waals surface area contributed by atoms with Gasteiger partial charge in [-0.1, -0.05) is 24.3 Å². The van der Waals surface area contributed by atoms with Crippen LogP contribution in [0, 0.1) is 10.8 Å². The molecule has 0 radical (unpaired) electrons. The fourth-order valence-corrected chi connectivity index (χ4v) is 10.8. The maximum absolute atomic E-state index is 12.9. The van der Waals surface area contributed by atoms with E-state index in [0.29, 0.717) is 23.4 Å². The zero-order valence-electron chi connectivity index (χ0n) is 44.6. The number of carbonyl (C=O) groups excluding carboxylic acids is 4. The van der Waals surface area contributed by atoms with E-state index in [1.54, 1.807) is 43.3 Å². The van der Waals surface area contributed by atoms with Crippen LogP contribution in [0.4, 0.5) is 0 Å². The van der Waals surface area contributed by atoms with Gasteiger partial charge in [0.25, 0.3) is 11.8 Å². The Morgan fingerprint density at radius 2 is 0.795 bits per heavy atom. The van der Waals surface area contributed by atoms with Gasteiger partial charge < -0.3 is 92.8 Å². The van der Waals surface area contributed by atoms with Crippen LogP contribution in [0.2, 0.25) is 0 Å². The van der Waals surface area contributed by atoms with E-state index in [-0.39, 0.29) is 61.6 Å². The van der Waals surface area contributed by atoms with Crippen molar-refractivity contribution in [2.45, 2.75) is 86.6 Å². The van der Waals surface area contributed by atoms with Crippen LogP contribution in [0.1, 0.15) is 95.3 Å². The van der Waals surface area contributed by atoms with E-state index in [9.17, 15) is 90.7 Å². The van der Waals surface area contributed by atoms with Crippen molar-refractivity contribution in [3.8, 4) is 0 Å². The highest BCUT2D eigenvalue weighted by molar-refractivity contribution is 5.97. The number of hydrogen-bond acceptors (Lipinski definition) is 18. The predicted molar refractivity (Wildman–Crippen MR) is 282 cm³/mol. The van der Waals surface area contributed by atoms with Crippen molar-refractivity contribution < 1.29 is 99.8 Å². The van der Waals surface area contributed by atoms with Crippen molar-refractivity contribution in [2.75, 3.05) is 106 Å². The lowest BCUT2D eigenvalue weighted by atomic mass is 9.67. The average molecular weight is 1100 g/mol. The molecular formula is C54H80N6O18+2. The molecule has 0 aromatic heterocycles. The van der Waals surface area contributed by atoms with Crippen LogP contribution in [0.25, 0.3) is 12.2 Å². The third-order valence-corrected chi connectivity index (χ3v) is 16.5. The van der Waals surface area contributed by atoms with Gasteiger partial charge in [-0.05, 0) is 72.5 Å². The minimum Gasteiger partial charge on any atom is -0.395 e. The van der Waals surface area contributed by atoms with Crippen LogP contribution in [0.5, 0.6) is 0 Å². The first-order valence-corrected chi connectivity index (χ1v) is 25.7. The molecule has 4 amide bonds. The highest BCUT2D eigenvalue weighted by Gasteiger charge is 2.59. The summed E-state index contributed by atoms with van der Waals surface area (Å²) in [5.74, 6) is -2.42. The van der Waals surface area contributed by atoms with Gasteiger partial charge in [0.2, 0.25) is 11.8 Å². The maximum atomic E-state index is 12.9. The molecule has 6 rings (SSSR count). The van der Waals surface area contributed by atoms with Gasteiger partial charge in [0.05, 0.1) is 123 Å². The number of fused-ring (bicyclic) bond motifs is 6. The first-order chi connectivity index (χ1) is 37.0. The van der Waals surface area contributed by atoms with Gasteiger partial charge in [-0.15, -0.1) is 0 Å². The summed E-state index contributed by atoms with van der Waals surface area (Å²) >= 11 is 0. The summed E-state index contributed by atoms with van der Waals surface area (Å²) in [6, 6.07) is 9.81. The molecule has 2 aliphatic heterocycles. The fraction of sp³-hybridized carbons (Fsp3) is 0.593. The second-order valence-electron chi connectivity index (χ2n) is 21.6. The van der Waals surface area contributed by atoms with Gasteiger partial charge in [0, 0.05) is 25.0 Å². The molecule has 432 valence electrons. The molecular weight excluding hydrogens is 1020 g/mol. The Morgan fingerprint density at radius 3 is 1.14 bits per heavy atom. The molecule has 0 fully saturated rings. The van der Waals surface area contributed by atoms with E-state index in [2.05, 4.69) is 39.7 Å². The normalized spacial score (nSPS) is 20.0. The molecule has 0 saturated heterocycles. The van der Waals surface area contributed by atoms with Gasteiger partial charge in [-0.2, -0.15) is 0 Å². The number of carbonyl (C=O) groups is 4. The van der Waals surface area contributed by atoms with Crippen LogP contribution in [-0.4, -0.2) is 256 Å². The lowest BCUT2D eigenvalue weighted by molar-refractivity contribution is -0.548. The van der Waals surface area contributed by atoms with Crippen LogP contribution in [0.15, 0.2) is 48.6 Å². The second-order valence-corrected chi connectivity index (χ2v) is 21.6. The first kappa shape index (κ1) is 63.4. The van der Waals surface area contributed by atoms with Crippen molar-refractivity contribution in [3.05, 3.63) is 81.9 Å². The van der Waals surface area contributed by atoms with Gasteiger partial charge in [-0.3, -0.25) is 19.2 Å². The molecule has 4 unspecified atom stereocenters. The number of aliphatic hydroxyl groups is 14. The molecule has 2 aromatic rings. The summed E-state index contributed by atoms with van der Waals surface area (Å²) in [4.78, 5) is 50.9. The molecule has 24 heteroatoms. The van der Waals surface area contributed by atoms with Crippen molar-refractivity contribution in [1.29, 1.82) is 0 Å². The minimum atomic E-state index is -1.59. The Bertz CT molecular complexity index is 2560. The lowest BCUT2D eigenvalue weighted by Crippen LogP contribution is -2.57. The summed E-state index contributed by atoms with van der Waals surface area (Å²) in [5.41, 5.74) is -1.85. The van der Waals surface area contributed by atoms with Crippen molar-refractivity contribution >= 4 is 47.2 Å². The zero-order chi connectivity index (χ0) is 58.0. The molecule has 78 heavy (non-hydrogen) atoms.